The van der Waals surface area contributed by atoms with Crippen molar-refractivity contribution in [3.05, 3.63) is 69.5 Å². The van der Waals surface area contributed by atoms with Crippen LogP contribution in [-0.4, -0.2) is 22.9 Å². The van der Waals surface area contributed by atoms with Gasteiger partial charge in [0.05, 0.1) is 12.3 Å². The summed E-state index contributed by atoms with van der Waals surface area (Å²) in [7, 11) is 0. The molecule has 1 atom stereocenters. The van der Waals surface area contributed by atoms with E-state index < -0.39 is 23.3 Å². The van der Waals surface area contributed by atoms with Crippen LogP contribution in [0, 0.1) is 0 Å². The maximum atomic E-state index is 13.0. The number of amides is 2. The molecular formula is C24H31N3O4. The molecule has 3 rings (SSSR count). The minimum atomic E-state index is -0.574. The zero-order chi connectivity index (χ0) is 22.4. The van der Waals surface area contributed by atoms with Crippen molar-refractivity contribution in [2.75, 3.05) is 6.54 Å². The molecule has 2 N–H and O–H groups in total. The Morgan fingerprint density at radius 3 is 2.48 bits per heavy atom. The fourth-order valence-electron chi connectivity index (χ4n) is 3.67. The van der Waals surface area contributed by atoms with Crippen LogP contribution < -0.4 is 16.1 Å². The Hall–Kier alpha value is -3.09. The number of allylic oxidation sites excluding steroid dienone is 1. The number of rotatable bonds is 8. The molecule has 2 amide bonds. The summed E-state index contributed by atoms with van der Waals surface area (Å²) >= 11 is 0. The van der Waals surface area contributed by atoms with Crippen LogP contribution in [0.2, 0.25) is 0 Å². The number of hydrogen-bond acceptors (Lipinski definition) is 4. The smallest absolute Gasteiger partial charge is 0.257 e. The molecule has 0 saturated heterocycles. The Bertz CT molecular complexity index is 1000. The maximum Gasteiger partial charge on any atom is 0.257 e. The van der Waals surface area contributed by atoms with E-state index in [1.807, 2.05) is 13.8 Å². The fourth-order valence-corrected chi connectivity index (χ4v) is 3.67. The van der Waals surface area contributed by atoms with Crippen molar-refractivity contribution < 1.29 is 14.0 Å². The van der Waals surface area contributed by atoms with Crippen LogP contribution in [0.5, 0.6) is 0 Å². The lowest BCUT2D eigenvalue weighted by molar-refractivity contribution is 0.0933. The average molecular weight is 426 g/mol. The first-order valence-corrected chi connectivity index (χ1v) is 10.9. The van der Waals surface area contributed by atoms with Gasteiger partial charge in [0.25, 0.3) is 11.8 Å². The predicted octanol–water partition coefficient (Wildman–Crippen LogP) is 4.13. The summed E-state index contributed by atoms with van der Waals surface area (Å²) in [5.41, 5.74) is 0.695. The highest BCUT2D eigenvalue weighted by atomic mass is 16.3. The normalized spacial score (nSPS) is 14.8. The summed E-state index contributed by atoms with van der Waals surface area (Å²) in [6.07, 6.45) is 12.1. The van der Waals surface area contributed by atoms with E-state index in [4.69, 9.17) is 4.42 Å². The van der Waals surface area contributed by atoms with Crippen LogP contribution in [0.1, 0.15) is 91.4 Å². The number of pyridine rings is 1. The molecule has 0 saturated carbocycles. The van der Waals surface area contributed by atoms with Gasteiger partial charge in [0, 0.05) is 25.0 Å². The van der Waals surface area contributed by atoms with Crippen LogP contribution >= 0.6 is 0 Å². The molecule has 7 nitrogen and oxygen atoms in total. The Morgan fingerprint density at radius 2 is 1.87 bits per heavy atom. The first-order chi connectivity index (χ1) is 14.9. The first kappa shape index (κ1) is 22.6. The van der Waals surface area contributed by atoms with Crippen LogP contribution in [0.3, 0.4) is 0 Å². The Morgan fingerprint density at radius 1 is 1.13 bits per heavy atom. The van der Waals surface area contributed by atoms with Gasteiger partial charge in [0.2, 0.25) is 5.43 Å². The molecule has 0 bridgehead atoms. The zero-order valence-corrected chi connectivity index (χ0v) is 18.4. The lowest BCUT2D eigenvalue weighted by Crippen LogP contribution is -2.36. The monoisotopic (exact) mass is 425 g/mol. The number of aromatic nitrogens is 1. The topological polar surface area (TPSA) is 93.3 Å². The molecule has 1 aliphatic rings. The van der Waals surface area contributed by atoms with Crippen LogP contribution in [0.15, 0.2) is 51.7 Å². The number of nitrogens with one attached hydrogen (secondary N) is 2. The first-order valence-electron chi connectivity index (χ1n) is 10.9. The number of carbonyl (C=O) groups is 2. The molecule has 0 aromatic carbocycles. The quantitative estimate of drug-likeness (QED) is 0.622. The van der Waals surface area contributed by atoms with Gasteiger partial charge in [-0.15, -0.1) is 0 Å². The van der Waals surface area contributed by atoms with E-state index in [0.717, 1.165) is 19.3 Å². The van der Waals surface area contributed by atoms with Gasteiger partial charge in [-0.25, -0.2) is 0 Å². The van der Waals surface area contributed by atoms with Crippen LogP contribution in [0.25, 0.3) is 0 Å². The summed E-state index contributed by atoms with van der Waals surface area (Å²) in [6.45, 7) is 6.09. The molecule has 31 heavy (non-hydrogen) atoms. The number of carbonyl (C=O) groups excluding carboxylic acids is 2. The number of furan rings is 1. The van der Waals surface area contributed by atoms with E-state index in [0.29, 0.717) is 12.3 Å². The second-order valence-corrected chi connectivity index (χ2v) is 8.28. The average Bonchev–Trinajstić information content (AvgIpc) is 3.29. The summed E-state index contributed by atoms with van der Waals surface area (Å²) in [6, 6.07) is 3.06. The van der Waals surface area contributed by atoms with E-state index >= 15 is 0 Å². The molecule has 2 heterocycles. The third kappa shape index (κ3) is 5.75. The highest BCUT2D eigenvalue weighted by molar-refractivity contribution is 5.99. The van der Waals surface area contributed by atoms with Crippen molar-refractivity contribution >= 4 is 11.8 Å². The largest absolute Gasteiger partial charge is 0.467 e. The molecule has 2 aromatic heterocycles. The van der Waals surface area contributed by atoms with Gasteiger partial charge in [-0.05, 0) is 65.0 Å². The molecule has 0 spiro atoms. The third-order valence-corrected chi connectivity index (χ3v) is 5.57. The molecule has 7 heteroatoms. The van der Waals surface area contributed by atoms with E-state index in [1.165, 1.54) is 37.1 Å². The summed E-state index contributed by atoms with van der Waals surface area (Å²) in [5, 5.41) is 5.62. The SMILES string of the molecule is CC(C)n1cc(C(=O)NCCC2=CCCCC2)c(=O)c(C(=O)N[C@@H](C)c2ccco2)c1. The van der Waals surface area contributed by atoms with Crippen molar-refractivity contribution in [3.8, 4) is 0 Å². The Balaban J connectivity index is 1.77. The molecule has 166 valence electrons. The van der Waals surface area contributed by atoms with Gasteiger partial charge in [0.15, 0.2) is 0 Å². The van der Waals surface area contributed by atoms with Crippen molar-refractivity contribution in [1.82, 2.24) is 15.2 Å². The fraction of sp³-hybridized carbons (Fsp3) is 0.458. The van der Waals surface area contributed by atoms with Gasteiger partial charge < -0.3 is 19.6 Å². The van der Waals surface area contributed by atoms with Crippen molar-refractivity contribution in [2.45, 2.75) is 65.0 Å². The molecule has 0 unspecified atom stereocenters. The Kier molecular flexibility index (Phi) is 7.50. The molecule has 0 radical (unpaired) electrons. The standard InChI is InChI=1S/C24H31N3O4/c1-16(2)27-14-19(23(29)25-12-11-18-8-5-4-6-9-18)22(28)20(15-27)24(30)26-17(3)21-10-7-13-31-21/h7-8,10,13-17H,4-6,9,11-12H2,1-3H3,(H,25,29)(H,26,30)/t17-/m0/s1. The van der Waals surface area contributed by atoms with E-state index in [9.17, 15) is 14.4 Å². The van der Waals surface area contributed by atoms with E-state index in [2.05, 4.69) is 16.7 Å². The lowest BCUT2D eigenvalue weighted by atomic mass is 9.97. The minimum Gasteiger partial charge on any atom is -0.467 e. The van der Waals surface area contributed by atoms with Crippen molar-refractivity contribution in [2.24, 2.45) is 0 Å². The summed E-state index contributed by atoms with van der Waals surface area (Å²) < 4.78 is 7.03. The highest BCUT2D eigenvalue weighted by Crippen LogP contribution is 2.19. The summed E-state index contributed by atoms with van der Waals surface area (Å²) in [5.74, 6) is -0.404. The predicted molar refractivity (Wildman–Crippen MR) is 119 cm³/mol. The summed E-state index contributed by atoms with van der Waals surface area (Å²) in [4.78, 5) is 38.6. The molecule has 0 fully saturated rings. The lowest BCUT2D eigenvalue weighted by Gasteiger charge is -2.17. The zero-order valence-electron chi connectivity index (χ0n) is 18.4. The van der Waals surface area contributed by atoms with Crippen molar-refractivity contribution in [3.63, 3.8) is 0 Å². The van der Waals surface area contributed by atoms with Gasteiger partial charge in [0.1, 0.15) is 16.9 Å². The number of nitrogens with zero attached hydrogens (tertiary/aromatic N) is 1. The molecule has 0 aliphatic heterocycles. The van der Waals surface area contributed by atoms with Gasteiger partial charge in [-0.3, -0.25) is 14.4 Å². The molecule has 1 aliphatic carbocycles. The molecular weight excluding hydrogens is 394 g/mol. The van der Waals surface area contributed by atoms with Gasteiger partial charge >= 0.3 is 0 Å². The Labute approximate surface area is 182 Å². The third-order valence-electron chi connectivity index (χ3n) is 5.57. The minimum absolute atomic E-state index is 0.0198. The van der Waals surface area contributed by atoms with Gasteiger partial charge in [-0.1, -0.05) is 11.6 Å². The highest BCUT2D eigenvalue weighted by Gasteiger charge is 2.22. The second kappa shape index (κ2) is 10.3. The van der Waals surface area contributed by atoms with Crippen LogP contribution in [0.4, 0.5) is 0 Å². The van der Waals surface area contributed by atoms with Gasteiger partial charge in [-0.2, -0.15) is 0 Å². The van der Waals surface area contributed by atoms with Crippen molar-refractivity contribution in [1.29, 1.82) is 0 Å². The second-order valence-electron chi connectivity index (χ2n) is 8.28. The van der Waals surface area contributed by atoms with Crippen LogP contribution in [-0.2, 0) is 0 Å². The van der Waals surface area contributed by atoms with E-state index in [1.54, 1.807) is 23.6 Å². The van der Waals surface area contributed by atoms with E-state index in [-0.39, 0.29) is 17.2 Å². The maximum absolute atomic E-state index is 13.0. The number of hydrogen-bond donors (Lipinski definition) is 2. The molecule has 2 aromatic rings.